The quantitative estimate of drug-likeness (QED) is 0.802. The molecular weight excluding hydrogens is 234 g/mol. The molecule has 2 nitrogen and oxygen atoms in total. The molecule has 0 atom stereocenters. The first-order chi connectivity index (χ1) is 9.28. The number of benzene rings is 2. The van der Waals surface area contributed by atoms with Gasteiger partial charge in [0.2, 0.25) is 0 Å². The molecule has 0 saturated heterocycles. The fourth-order valence-corrected chi connectivity index (χ4v) is 1.98. The van der Waals surface area contributed by atoms with Crippen LogP contribution in [-0.4, -0.2) is 11.7 Å². The zero-order valence-electron chi connectivity index (χ0n) is 10.9. The third-order valence-electron chi connectivity index (χ3n) is 2.96. The number of nitrogens with two attached hydrogens (primary N) is 1. The molecule has 0 radical (unpaired) electrons. The largest absolute Gasteiger partial charge is 0.508 e. The fourth-order valence-electron chi connectivity index (χ4n) is 1.98. The van der Waals surface area contributed by atoms with Crippen LogP contribution in [0.5, 0.6) is 5.75 Å². The molecule has 0 bridgehead atoms. The van der Waals surface area contributed by atoms with E-state index >= 15 is 0 Å². The maximum Gasteiger partial charge on any atom is 0.116 e. The zero-order chi connectivity index (χ0) is 13.5. The second-order valence-electron chi connectivity index (χ2n) is 4.57. The van der Waals surface area contributed by atoms with Gasteiger partial charge < -0.3 is 10.8 Å². The fraction of sp³-hybridized carbons (Fsp3) is 0.176. The van der Waals surface area contributed by atoms with Crippen LogP contribution in [0.25, 0.3) is 12.2 Å². The van der Waals surface area contributed by atoms with E-state index < -0.39 is 0 Å². The Hall–Kier alpha value is -2.06. The molecule has 2 aromatic carbocycles. The Kier molecular flexibility index (Phi) is 4.76. The molecule has 19 heavy (non-hydrogen) atoms. The second-order valence-corrected chi connectivity index (χ2v) is 4.57. The Morgan fingerprint density at radius 3 is 2.32 bits per heavy atom. The molecule has 0 amide bonds. The van der Waals surface area contributed by atoms with Gasteiger partial charge in [0.05, 0.1) is 0 Å². The molecule has 0 saturated carbocycles. The van der Waals surface area contributed by atoms with Crippen molar-refractivity contribution < 1.29 is 5.11 Å². The standard InChI is InChI=1S/C17H19NO/c18-11-3-7-14-4-1-5-15(12-14)9-10-16-6-2-8-17(19)13-16/h1-2,4-6,8-10,12-13,19H,3,7,11,18H2/b10-9+. The van der Waals surface area contributed by atoms with Crippen LogP contribution in [0.4, 0.5) is 0 Å². The molecule has 2 rings (SSSR count). The molecule has 0 aliphatic rings. The van der Waals surface area contributed by atoms with Crippen LogP contribution in [-0.2, 0) is 6.42 Å². The Bertz CT molecular complexity index is 561. The van der Waals surface area contributed by atoms with Crippen molar-refractivity contribution >= 4 is 12.2 Å². The molecule has 0 fully saturated rings. The number of hydrogen-bond donors (Lipinski definition) is 2. The molecule has 98 valence electrons. The Balaban J connectivity index is 2.10. The molecule has 0 spiro atoms. The highest BCUT2D eigenvalue weighted by Gasteiger charge is 1.94. The Morgan fingerprint density at radius 2 is 1.63 bits per heavy atom. The van der Waals surface area contributed by atoms with Gasteiger partial charge >= 0.3 is 0 Å². The summed E-state index contributed by atoms with van der Waals surface area (Å²) in [5, 5.41) is 9.41. The number of aromatic hydroxyl groups is 1. The summed E-state index contributed by atoms with van der Waals surface area (Å²) in [5.41, 5.74) is 8.99. The van der Waals surface area contributed by atoms with E-state index in [0.717, 1.165) is 30.5 Å². The lowest BCUT2D eigenvalue weighted by molar-refractivity contribution is 0.475. The smallest absolute Gasteiger partial charge is 0.116 e. The predicted molar refractivity (Wildman–Crippen MR) is 80.9 cm³/mol. The third-order valence-corrected chi connectivity index (χ3v) is 2.96. The van der Waals surface area contributed by atoms with Crippen molar-refractivity contribution in [2.45, 2.75) is 12.8 Å². The first-order valence-electron chi connectivity index (χ1n) is 6.54. The van der Waals surface area contributed by atoms with Gasteiger partial charge in [0, 0.05) is 0 Å². The number of rotatable bonds is 5. The van der Waals surface area contributed by atoms with Gasteiger partial charge in [0.15, 0.2) is 0 Å². The van der Waals surface area contributed by atoms with E-state index in [4.69, 9.17) is 5.73 Å². The van der Waals surface area contributed by atoms with Gasteiger partial charge in [-0.15, -0.1) is 0 Å². The van der Waals surface area contributed by atoms with Gasteiger partial charge in [-0.25, -0.2) is 0 Å². The maximum atomic E-state index is 9.41. The number of aryl methyl sites for hydroxylation is 1. The molecule has 0 unspecified atom stereocenters. The van der Waals surface area contributed by atoms with Crippen LogP contribution in [0.2, 0.25) is 0 Å². The van der Waals surface area contributed by atoms with E-state index in [1.165, 1.54) is 5.56 Å². The first kappa shape index (κ1) is 13.4. The lowest BCUT2D eigenvalue weighted by atomic mass is 10.1. The monoisotopic (exact) mass is 253 g/mol. The zero-order valence-corrected chi connectivity index (χ0v) is 10.9. The Morgan fingerprint density at radius 1 is 0.947 bits per heavy atom. The summed E-state index contributed by atoms with van der Waals surface area (Å²) in [6.07, 6.45) is 6.09. The van der Waals surface area contributed by atoms with Crippen LogP contribution in [0, 0.1) is 0 Å². The van der Waals surface area contributed by atoms with Crippen LogP contribution >= 0.6 is 0 Å². The van der Waals surface area contributed by atoms with E-state index in [0.29, 0.717) is 5.75 Å². The van der Waals surface area contributed by atoms with Crippen molar-refractivity contribution in [3.8, 4) is 5.75 Å². The predicted octanol–water partition coefficient (Wildman–Crippen LogP) is 3.45. The highest BCUT2D eigenvalue weighted by molar-refractivity contribution is 5.70. The van der Waals surface area contributed by atoms with Crippen LogP contribution in [0.15, 0.2) is 48.5 Å². The SMILES string of the molecule is NCCCc1cccc(/C=C/c2cccc(O)c2)c1. The van der Waals surface area contributed by atoms with Crippen molar-refractivity contribution in [2.75, 3.05) is 6.54 Å². The highest BCUT2D eigenvalue weighted by Crippen LogP contribution is 2.15. The molecule has 0 heterocycles. The molecule has 0 aromatic heterocycles. The van der Waals surface area contributed by atoms with E-state index in [2.05, 4.69) is 30.3 Å². The molecule has 2 aromatic rings. The minimum Gasteiger partial charge on any atom is -0.508 e. The van der Waals surface area contributed by atoms with Crippen molar-refractivity contribution in [3.05, 3.63) is 65.2 Å². The lowest BCUT2D eigenvalue weighted by Crippen LogP contribution is -2.00. The van der Waals surface area contributed by atoms with E-state index in [1.54, 1.807) is 12.1 Å². The third kappa shape index (κ3) is 4.27. The summed E-state index contributed by atoms with van der Waals surface area (Å²) < 4.78 is 0. The average Bonchev–Trinajstić information content (AvgIpc) is 2.43. The van der Waals surface area contributed by atoms with E-state index in [-0.39, 0.29) is 0 Å². The second kappa shape index (κ2) is 6.76. The highest BCUT2D eigenvalue weighted by atomic mass is 16.3. The van der Waals surface area contributed by atoms with Gasteiger partial charge in [-0.05, 0) is 48.2 Å². The van der Waals surface area contributed by atoms with Gasteiger partial charge in [0.1, 0.15) is 5.75 Å². The first-order valence-corrected chi connectivity index (χ1v) is 6.54. The summed E-state index contributed by atoms with van der Waals surface area (Å²) in [4.78, 5) is 0. The normalized spacial score (nSPS) is 11.0. The summed E-state index contributed by atoms with van der Waals surface area (Å²) in [6, 6.07) is 15.7. The summed E-state index contributed by atoms with van der Waals surface area (Å²) >= 11 is 0. The minimum absolute atomic E-state index is 0.291. The van der Waals surface area contributed by atoms with Crippen LogP contribution < -0.4 is 5.73 Å². The van der Waals surface area contributed by atoms with E-state index in [1.807, 2.05) is 18.2 Å². The van der Waals surface area contributed by atoms with E-state index in [9.17, 15) is 5.11 Å². The topological polar surface area (TPSA) is 46.2 Å². The van der Waals surface area contributed by atoms with Crippen molar-refractivity contribution in [2.24, 2.45) is 5.73 Å². The van der Waals surface area contributed by atoms with Crippen LogP contribution in [0.3, 0.4) is 0 Å². The van der Waals surface area contributed by atoms with Gasteiger partial charge in [-0.2, -0.15) is 0 Å². The number of phenolic OH excluding ortho intramolecular Hbond substituents is 1. The van der Waals surface area contributed by atoms with Crippen molar-refractivity contribution in [1.29, 1.82) is 0 Å². The number of phenols is 1. The van der Waals surface area contributed by atoms with Gasteiger partial charge in [0.25, 0.3) is 0 Å². The molecule has 0 aliphatic carbocycles. The molecular formula is C17H19NO. The number of hydrogen-bond acceptors (Lipinski definition) is 2. The summed E-state index contributed by atoms with van der Waals surface area (Å²) in [5.74, 6) is 0.291. The van der Waals surface area contributed by atoms with Crippen molar-refractivity contribution in [3.63, 3.8) is 0 Å². The van der Waals surface area contributed by atoms with Crippen molar-refractivity contribution in [1.82, 2.24) is 0 Å². The van der Waals surface area contributed by atoms with Crippen LogP contribution in [0.1, 0.15) is 23.1 Å². The molecule has 0 aliphatic heterocycles. The lowest BCUT2D eigenvalue weighted by Gasteiger charge is -2.01. The average molecular weight is 253 g/mol. The molecule has 3 N–H and O–H groups in total. The maximum absolute atomic E-state index is 9.41. The summed E-state index contributed by atoms with van der Waals surface area (Å²) in [7, 11) is 0. The minimum atomic E-state index is 0.291. The molecule has 2 heteroatoms. The Labute approximate surface area is 114 Å². The summed E-state index contributed by atoms with van der Waals surface area (Å²) in [6.45, 7) is 0.726. The van der Waals surface area contributed by atoms with Gasteiger partial charge in [-0.3, -0.25) is 0 Å². The van der Waals surface area contributed by atoms with Gasteiger partial charge in [-0.1, -0.05) is 48.6 Å².